The molecular weight excluding hydrogens is 445 g/mol. The molecule has 0 aliphatic heterocycles. The van der Waals surface area contributed by atoms with Gasteiger partial charge in [-0.1, -0.05) is 19.1 Å². The van der Waals surface area contributed by atoms with Gasteiger partial charge in [0.25, 0.3) is 0 Å². The summed E-state index contributed by atoms with van der Waals surface area (Å²) in [4.78, 5) is 16.2. The van der Waals surface area contributed by atoms with Gasteiger partial charge in [0, 0.05) is 30.9 Å². The van der Waals surface area contributed by atoms with Crippen LogP contribution in [0.2, 0.25) is 0 Å². The van der Waals surface area contributed by atoms with E-state index >= 15 is 0 Å². The zero-order chi connectivity index (χ0) is 23.9. The van der Waals surface area contributed by atoms with E-state index < -0.39 is 27.7 Å². The molecule has 32 heavy (non-hydrogen) atoms. The largest absolute Gasteiger partial charge is 0.417 e. The SMILES string of the molecule is CCCNc1nccc(C(F)(F)F)c1C=CC(=O)NCc1ccc(NS(C)(=O)=O)c(C)c1. The van der Waals surface area contributed by atoms with Crippen molar-refractivity contribution in [3.05, 3.63) is 58.8 Å². The molecule has 7 nitrogen and oxygen atoms in total. The van der Waals surface area contributed by atoms with Crippen molar-refractivity contribution in [2.75, 3.05) is 22.8 Å². The van der Waals surface area contributed by atoms with Gasteiger partial charge in [0.1, 0.15) is 5.82 Å². The summed E-state index contributed by atoms with van der Waals surface area (Å²) < 4.78 is 65.3. The predicted molar refractivity (Wildman–Crippen MR) is 119 cm³/mol. The van der Waals surface area contributed by atoms with E-state index in [-0.39, 0.29) is 17.9 Å². The summed E-state index contributed by atoms with van der Waals surface area (Å²) >= 11 is 0. The lowest BCUT2D eigenvalue weighted by molar-refractivity contribution is -0.137. The summed E-state index contributed by atoms with van der Waals surface area (Å²) in [6, 6.07) is 5.78. The molecule has 11 heteroatoms. The minimum Gasteiger partial charge on any atom is -0.370 e. The van der Waals surface area contributed by atoms with Gasteiger partial charge in [0.2, 0.25) is 15.9 Å². The smallest absolute Gasteiger partial charge is 0.370 e. The van der Waals surface area contributed by atoms with Gasteiger partial charge in [-0.2, -0.15) is 13.2 Å². The number of aromatic nitrogens is 1. The number of pyridine rings is 1. The summed E-state index contributed by atoms with van der Waals surface area (Å²) in [7, 11) is -3.41. The first-order valence-corrected chi connectivity index (χ1v) is 11.6. The van der Waals surface area contributed by atoms with Crippen LogP contribution in [0.3, 0.4) is 0 Å². The third-order valence-electron chi connectivity index (χ3n) is 4.29. The second-order valence-corrected chi connectivity index (χ2v) is 8.87. The van der Waals surface area contributed by atoms with Crippen molar-refractivity contribution < 1.29 is 26.4 Å². The summed E-state index contributed by atoms with van der Waals surface area (Å²) in [5.41, 5.74) is 0.682. The van der Waals surface area contributed by atoms with Crippen molar-refractivity contribution >= 4 is 33.5 Å². The van der Waals surface area contributed by atoms with Crippen LogP contribution in [0, 0.1) is 6.92 Å². The van der Waals surface area contributed by atoms with E-state index in [9.17, 15) is 26.4 Å². The molecule has 1 heterocycles. The maximum Gasteiger partial charge on any atom is 0.417 e. The summed E-state index contributed by atoms with van der Waals surface area (Å²) in [6.07, 6.45) is 0.329. The molecule has 0 saturated heterocycles. The second kappa shape index (κ2) is 10.5. The number of carbonyl (C=O) groups is 1. The molecule has 1 aromatic heterocycles. The molecule has 1 aromatic carbocycles. The number of carbonyl (C=O) groups excluding carboxylic acids is 1. The molecule has 0 radical (unpaired) electrons. The summed E-state index contributed by atoms with van der Waals surface area (Å²) in [5, 5.41) is 5.44. The van der Waals surface area contributed by atoms with E-state index in [1.807, 2.05) is 6.92 Å². The molecule has 0 spiro atoms. The molecule has 0 atom stereocenters. The Morgan fingerprint density at radius 2 is 1.94 bits per heavy atom. The Bertz CT molecular complexity index is 1100. The summed E-state index contributed by atoms with van der Waals surface area (Å²) in [6.45, 7) is 4.13. The Kier molecular flexibility index (Phi) is 8.25. The Hall–Kier alpha value is -3.08. The van der Waals surface area contributed by atoms with Gasteiger partial charge in [-0.15, -0.1) is 0 Å². The van der Waals surface area contributed by atoms with Gasteiger partial charge in [0.05, 0.1) is 17.5 Å². The molecule has 0 aliphatic carbocycles. The molecule has 0 saturated carbocycles. The fourth-order valence-electron chi connectivity index (χ4n) is 2.83. The molecule has 0 unspecified atom stereocenters. The molecule has 1 amide bonds. The fraction of sp³-hybridized carbons (Fsp3) is 0.333. The number of sulfonamides is 1. The van der Waals surface area contributed by atoms with Gasteiger partial charge in [-0.05, 0) is 42.7 Å². The van der Waals surface area contributed by atoms with Gasteiger partial charge >= 0.3 is 6.18 Å². The lowest BCUT2D eigenvalue weighted by Crippen LogP contribution is -2.20. The number of amides is 1. The Morgan fingerprint density at radius 3 is 2.53 bits per heavy atom. The number of hydrogen-bond acceptors (Lipinski definition) is 5. The quantitative estimate of drug-likeness (QED) is 0.482. The Balaban J connectivity index is 2.13. The van der Waals surface area contributed by atoms with Crippen LogP contribution >= 0.6 is 0 Å². The minimum atomic E-state index is -4.60. The van der Waals surface area contributed by atoms with Crippen molar-refractivity contribution in [1.29, 1.82) is 0 Å². The van der Waals surface area contributed by atoms with Gasteiger partial charge in [-0.25, -0.2) is 13.4 Å². The molecular formula is C21H25F3N4O3S. The van der Waals surface area contributed by atoms with Gasteiger partial charge < -0.3 is 10.6 Å². The number of aryl methyl sites for hydroxylation is 1. The topological polar surface area (TPSA) is 100 Å². The van der Waals surface area contributed by atoms with E-state index in [0.29, 0.717) is 29.8 Å². The van der Waals surface area contributed by atoms with Crippen LogP contribution in [0.4, 0.5) is 24.7 Å². The van der Waals surface area contributed by atoms with Crippen LogP contribution in [0.25, 0.3) is 6.08 Å². The lowest BCUT2D eigenvalue weighted by Gasteiger charge is -2.14. The zero-order valence-electron chi connectivity index (χ0n) is 17.9. The van der Waals surface area contributed by atoms with Crippen LogP contribution < -0.4 is 15.4 Å². The second-order valence-electron chi connectivity index (χ2n) is 7.12. The number of hydrogen-bond donors (Lipinski definition) is 3. The van der Waals surface area contributed by atoms with Crippen molar-refractivity contribution in [2.24, 2.45) is 0 Å². The molecule has 2 aromatic rings. The third-order valence-corrected chi connectivity index (χ3v) is 4.88. The number of nitrogens with zero attached hydrogens (tertiary/aromatic N) is 1. The normalized spacial score (nSPS) is 12.1. The van der Waals surface area contributed by atoms with Crippen molar-refractivity contribution in [2.45, 2.75) is 33.0 Å². The highest BCUT2D eigenvalue weighted by Gasteiger charge is 2.34. The number of alkyl halides is 3. The molecule has 0 bridgehead atoms. The average Bonchev–Trinajstić information content (AvgIpc) is 2.69. The molecule has 0 aliphatic rings. The Labute approximate surface area is 185 Å². The summed E-state index contributed by atoms with van der Waals surface area (Å²) in [5.74, 6) is -0.533. The van der Waals surface area contributed by atoms with Gasteiger partial charge in [-0.3, -0.25) is 9.52 Å². The van der Waals surface area contributed by atoms with E-state index in [1.165, 1.54) is 0 Å². The monoisotopic (exact) mass is 470 g/mol. The van der Waals surface area contributed by atoms with Crippen molar-refractivity contribution in [3.63, 3.8) is 0 Å². The lowest BCUT2D eigenvalue weighted by atomic mass is 10.1. The van der Waals surface area contributed by atoms with Crippen LogP contribution in [0.1, 0.15) is 35.6 Å². The fourth-order valence-corrected chi connectivity index (χ4v) is 3.46. The van der Waals surface area contributed by atoms with Crippen LogP contribution in [0.5, 0.6) is 0 Å². The number of benzene rings is 1. The van der Waals surface area contributed by atoms with E-state index in [0.717, 1.165) is 30.7 Å². The maximum absolute atomic E-state index is 13.4. The predicted octanol–water partition coefficient (Wildman–Crippen LogP) is 3.93. The first kappa shape index (κ1) is 25.2. The number of nitrogens with one attached hydrogen (secondary N) is 3. The van der Waals surface area contributed by atoms with Crippen molar-refractivity contribution in [3.8, 4) is 0 Å². The van der Waals surface area contributed by atoms with Crippen LogP contribution in [0.15, 0.2) is 36.5 Å². The first-order chi connectivity index (χ1) is 14.9. The average molecular weight is 471 g/mol. The highest BCUT2D eigenvalue weighted by molar-refractivity contribution is 7.92. The van der Waals surface area contributed by atoms with E-state index in [4.69, 9.17) is 0 Å². The zero-order valence-corrected chi connectivity index (χ0v) is 18.7. The van der Waals surface area contributed by atoms with Crippen LogP contribution in [-0.2, 0) is 27.5 Å². The number of halogens is 3. The first-order valence-electron chi connectivity index (χ1n) is 9.74. The highest BCUT2D eigenvalue weighted by atomic mass is 32.2. The van der Waals surface area contributed by atoms with E-state index in [2.05, 4.69) is 20.3 Å². The minimum absolute atomic E-state index is 0.0512. The Morgan fingerprint density at radius 1 is 1.22 bits per heavy atom. The molecule has 2 rings (SSSR count). The third kappa shape index (κ3) is 7.56. The van der Waals surface area contributed by atoms with Crippen molar-refractivity contribution in [1.82, 2.24) is 10.3 Å². The molecule has 174 valence electrons. The number of rotatable bonds is 9. The molecule has 0 fully saturated rings. The van der Waals surface area contributed by atoms with E-state index in [1.54, 1.807) is 25.1 Å². The molecule has 3 N–H and O–H groups in total. The van der Waals surface area contributed by atoms with Crippen LogP contribution in [-0.4, -0.2) is 32.1 Å². The maximum atomic E-state index is 13.4. The van der Waals surface area contributed by atoms with Gasteiger partial charge in [0.15, 0.2) is 0 Å². The highest BCUT2D eigenvalue weighted by Crippen LogP contribution is 2.35. The standard InChI is InChI=1S/C21H25F3N4O3S/c1-4-10-25-20-16(17(9-11-26-20)21(22,23)24)6-8-19(29)27-13-15-5-7-18(14(2)12-15)28-32(3,30)31/h5-9,11-12,28H,4,10,13H2,1-3H3,(H,25,26)(H,27,29). The number of anilines is 2.